The Balaban J connectivity index is 1.85. The van der Waals surface area contributed by atoms with Crippen molar-refractivity contribution in [1.82, 2.24) is 10.3 Å². The van der Waals surface area contributed by atoms with Gasteiger partial charge in [-0.2, -0.15) is 5.26 Å². The van der Waals surface area contributed by atoms with Crippen LogP contribution >= 0.6 is 11.6 Å². The molecule has 3 rings (SSSR count). The number of nitrogens with one attached hydrogen (secondary N) is 1. The number of nitrogens with zero attached hydrogens (tertiary/aromatic N) is 2. The van der Waals surface area contributed by atoms with Gasteiger partial charge >= 0.3 is 0 Å². The van der Waals surface area contributed by atoms with Crippen LogP contribution in [0.5, 0.6) is 0 Å². The molecule has 0 bridgehead atoms. The summed E-state index contributed by atoms with van der Waals surface area (Å²) in [7, 11) is 0. The molecule has 1 N–H and O–H groups in total. The number of hydrogen-bond donors (Lipinski definition) is 1. The van der Waals surface area contributed by atoms with Crippen LogP contribution in [0.25, 0.3) is 0 Å². The van der Waals surface area contributed by atoms with Gasteiger partial charge in [-0.3, -0.25) is 9.78 Å². The second-order valence-electron chi connectivity index (χ2n) is 6.24. The van der Waals surface area contributed by atoms with Gasteiger partial charge in [0.25, 0.3) is 5.91 Å². The summed E-state index contributed by atoms with van der Waals surface area (Å²) in [5.74, 6) is -0.229. The largest absolute Gasteiger partial charge is 0.345 e. The Morgan fingerprint density at radius 3 is 2.70 bits per heavy atom. The minimum absolute atomic E-state index is 0.146. The normalized spacial score (nSPS) is 11.4. The SMILES string of the molecule is C[C@H](NC(=O)c1cc(Cl)cnc1Cc1cccc(C#N)c1)c1ccccc1. The molecular formula is C22H18ClN3O. The highest BCUT2D eigenvalue weighted by atomic mass is 35.5. The fraction of sp³-hybridized carbons (Fsp3) is 0.136. The summed E-state index contributed by atoms with van der Waals surface area (Å²) in [6.45, 7) is 1.93. The molecule has 1 atom stereocenters. The van der Waals surface area contributed by atoms with E-state index in [-0.39, 0.29) is 11.9 Å². The van der Waals surface area contributed by atoms with Gasteiger partial charge in [-0.05, 0) is 36.2 Å². The molecule has 0 spiro atoms. The highest BCUT2D eigenvalue weighted by Crippen LogP contribution is 2.19. The Bertz CT molecular complexity index is 996. The number of halogens is 1. The Hall–Kier alpha value is -3.16. The summed E-state index contributed by atoms with van der Waals surface area (Å²) in [4.78, 5) is 17.2. The Morgan fingerprint density at radius 1 is 1.19 bits per heavy atom. The van der Waals surface area contributed by atoms with Gasteiger partial charge in [0.2, 0.25) is 0 Å². The molecule has 0 aliphatic carbocycles. The molecule has 4 nitrogen and oxygen atoms in total. The quantitative estimate of drug-likeness (QED) is 0.703. The molecular weight excluding hydrogens is 358 g/mol. The van der Waals surface area contributed by atoms with Gasteiger partial charge in [0.1, 0.15) is 0 Å². The van der Waals surface area contributed by atoms with E-state index in [1.54, 1.807) is 18.2 Å². The van der Waals surface area contributed by atoms with Crippen molar-refractivity contribution in [1.29, 1.82) is 5.26 Å². The van der Waals surface area contributed by atoms with Crippen LogP contribution in [-0.4, -0.2) is 10.9 Å². The molecule has 0 aliphatic heterocycles. The van der Waals surface area contributed by atoms with Crippen LogP contribution in [0, 0.1) is 11.3 Å². The van der Waals surface area contributed by atoms with Crippen molar-refractivity contribution in [2.24, 2.45) is 0 Å². The van der Waals surface area contributed by atoms with Crippen LogP contribution in [0.15, 0.2) is 66.9 Å². The van der Waals surface area contributed by atoms with Crippen molar-refractivity contribution in [3.8, 4) is 6.07 Å². The topological polar surface area (TPSA) is 65.8 Å². The van der Waals surface area contributed by atoms with E-state index in [2.05, 4.69) is 16.4 Å². The molecule has 0 saturated heterocycles. The minimum Gasteiger partial charge on any atom is -0.345 e. The molecule has 0 unspecified atom stereocenters. The number of aromatic nitrogens is 1. The highest BCUT2D eigenvalue weighted by Gasteiger charge is 2.17. The van der Waals surface area contributed by atoms with E-state index in [9.17, 15) is 4.79 Å². The van der Waals surface area contributed by atoms with E-state index in [4.69, 9.17) is 16.9 Å². The number of hydrogen-bond acceptors (Lipinski definition) is 3. The number of amides is 1. The second-order valence-corrected chi connectivity index (χ2v) is 6.68. The average molecular weight is 376 g/mol. The third-order valence-corrected chi connectivity index (χ3v) is 4.46. The smallest absolute Gasteiger partial charge is 0.253 e. The molecule has 0 saturated carbocycles. The van der Waals surface area contributed by atoms with Crippen molar-refractivity contribution in [2.45, 2.75) is 19.4 Å². The molecule has 0 aliphatic rings. The van der Waals surface area contributed by atoms with E-state index in [0.29, 0.717) is 28.3 Å². The molecule has 5 heteroatoms. The lowest BCUT2D eigenvalue weighted by atomic mass is 10.0. The summed E-state index contributed by atoms with van der Waals surface area (Å²) in [6, 6.07) is 20.6. The van der Waals surface area contributed by atoms with E-state index in [0.717, 1.165) is 11.1 Å². The third-order valence-electron chi connectivity index (χ3n) is 4.26. The Kier molecular flexibility index (Phi) is 5.85. The van der Waals surface area contributed by atoms with Crippen molar-refractivity contribution in [2.75, 3.05) is 0 Å². The van der Waals surface area contributed by atoms with Crippen LogP contribution < -0.4 is 5.32 Å². The minimum atomic E-state index is -0.229. The molecule has 2 aromatic carbocycles. The van der Waals surface area contributed by atoms with Crippen molar-refractivity contribution < 1.29 is 4.79 Å². The van der Waals surface area contributed by atoms with Gasteiger partial charge in [0.05, 0.1) is 34.0 Å². The van der Waals surface area contributed by atoms with E-state index in [1.807, 2.05) is 49.4 Å². The number of carbonyl (C=O) groups excluding carboxylic acids is 1. The van der Waals surface area contributed by atoms with Gasteiger partial charge in [-0.25, -0.2) is 0 Å². The first-order valence-electron chi connectivity index (χ1n) is 8.56. The Labute approximate surface area is 163 Å². The summed E-state index contributed by atoms with van der Waals surface area (Å²) < 4.78 is 0. The fourth-order valence-corrected chi connectivity index (χ4v) is 3.01. The van der Waals surface area contributed by atoms with Crippen LogP contribution in [0.4, 0.5) is 0 Å². The molecule has 1 aromatic heterocycles. The molecule has 27 heavy (non-hydrogen) atoms. The van der Waals surface area contributed by atoms with Crippen LogP contribution in [0.1, 0.15) is 45.7 Å². The first-order valence-corrected chi connectivity index (χ1v) is 8.94. The lowest BCUT2D eigenvalue weighted by Crippen LogP contribution is -2.28. The molecule has 0 fully saturated rings. The van der Waals surface area contributed by atoms with Crippen molar-refractivity contribution in [3.63, 3.8) is 0 Å². The maximum Gasteiger partial charge on any atom is 0.253 e. The predicted octanol–water partition coefficient (Wildman–Crippen LogP) is 4.69. The Morgan fingerprint density at radius 2 is 1.96 bits per heavy atom. The average Bonchev–Trinajstić information content (AvgIpc) is 2.70. The van der Waals surface area contributed by atoms with E-state index < -0.39 is 0 Å². The lowest BCUT2D eigenvalue weighted by Gasteiger charge is -2.16. The zero-order valence-electron chi connectivity index (χ0n) is 14.8. The van der Waals surface area contributed by atoms with Crippen molar-refractivity contribution >= 4 is 17.5 Å². The summed E-state index contributed by atoms with van der Waals surface area (Å²) in [5, 5.41) is 12.5. The van der Waals surface area contributed by atoms with Gasteiger partial charge in [0, 0.05) is 12.6 Å². The monoisotopic (exact) mass is 375 g/mol. The standard InChI is InChI=1S/C22H18ClN3O/c1-15(18-8-3-2-4-9-18)26-22(27)20-12-19(23)14-25-21(20)11-16-6-5-7-17(10-16)13-24/h2-10,12,14-15H,11H2,1H3,(H,26,27)/t15-/m0/s1. The first kappa shape index (κ1) is 18.6. The fourth-order valence-electron chi connectivity index (χ4n) is 2.85. The second kappa shape index (κ2) is 8.48. The summed E-state index contributed by atoms with van der Waals surface area (Å²) in [6.07, 6.45) is 1.97. The van der Waals surface area contributed by atoms with Gasteiger partial charge in [0.15, 0.2) is 0 Å². The number of carbonyl (C=O) groups is 1. The van der Waals surface area contributed by atoms with E-state index >= 15 is 0 Å². The third kappa shape index (κ3) is 4.72. The zero-order chi connectivity index (χ0) is 19.2. The molecule has 134 valence electrons. The number of rotatable bonds is 5. The highest BCUT2D eigenvalue weighted by molar-refractivity contribution is 6.30. The number of benzene rings is 2. The number of nitriles is 1. The summed E-state index contributed by atoms with van der Waals surface area (Å²) >= 11 is 6.08. The van der Waals surface area contributed by atoms with Crippen LogP contribution in [0.3, 0.4) is 0 Å². The van der Waals surface area contributed by atoms with Gasteiger partial charge in [-0.15, -0.1) is 0 Å². The lowest BCUT2D eigenvalue weighted by molar-refractivity contribution is 0.0938. The van der Waals surface area contributed by atoms with Gasteiger partial charge < -0.3 is 5.32 Å². The predicted molar refractivity (Wildman–Crippen MR) is 106 cm³/mol. The molecule has 0 radical (unpaired) electrons. The maximum absolute atomic E-state index is 12.9. The molecule has 1 amide bonds. The van der Waals surface area contributed by atoms with E-state index in [1.165, 1.54) is 6.20 Å². The number of pyridine rings is 1. The molecule has 1 heterocycles. The van der Waals surface area contributed by atoms with Crippen LogP contribution in [-0.2, 0) is 6.42 Å². The van der Waals surface area contributed by atoms with Crippen molar-refractivity contribution in [3.05, 3.63) is 99.8 Å². The first-order chi connectivity index (χ1) is 13.1. The van der Waals surface area contributed by atoms with Crippen LogP contribution in [0.2, 0.25) is 5.02 Å². The maximum atomic E-state index is 12.9. The zero-order valence-corrected chi connectivity index (χ0v) is 15.6. The van der Waals surface area contributed by atoms with Gasteiger partial charge in [-0.1, -0.05) is 54.1 Å². The molecule has 3 aromatic rings. The summed E-state index contributed by atoms with van der Waals surface area (Å²) in [5.41, 5.74) is 3.56.